The Morgan fingerprint density at radius 2 is 2.00 bits per heavy atom. The number of carbonyl (C=O) groups excluding carboxylic acids is 1. The highest BCUT2D eigenvalue weighted by Gasteiger charge is 2.12. The third-order valence-electron chi connectivity index (χ3n) is 3.87. The summed E-state index contributed by atoms with van der Waals surface area (Å²) in [6, 6.07) is 9.24. The van der Waals surface area contributed by atoms with Crippen molar-refractivity contribution in [3.8, 4) is 5.75 Å². The van der Waals surface area contributed by atoms with Crippen molar-refractivity contribution in [2.45, 2.75) is 6.73 Å². The third kappa shape index (κ3) is 5.55. The summed E-state index contributed by atoms with van der Waals surface area (Å²) in [6.45, 7) is 5.02. The van der Waals surface area contributed by atoms with Crippen molar-refractivity contribution in [3.63, 3.8) is 0 Å². The Kier molecular flexibility index (Phi) is 6.43. The number of halogens is 1. The van der Waals surface area contributed by atoms with Crippen molar-refractivity contribution < 1.29 is 14.3 Å². The molecule has 1 fully saturated rings. The number of amides is 1. The summed E-state index contributed by atoms with van der Waals surface area (Å²) in [6.07, 6.45) is 1.73. The third-order valence-corrected chi connectivity index (χ3v) is 4.40. The fourth-order valence-electron chi connectivity index (χ4n) is 2.47. The smallest absolute Gasteiger partial charge is 0.271 e. The molecule has 1 aromatic heterocycles. The molecule has 3 rings (SSSR count). The highest BCUT2D eigenvalue weighted by Crippen LogP contribution is 2.16. The Labute approximate surface area is 155 Å². The first-order valence-corrected chi connectivity index (χ1v) is 9.00. The fourth-order valence-corrected chi connectivity index (χ4v) is 2.73. The van der Waals surface area contributed by atoms with Crippen LogP contribution in [-0.4, -0.2) is 60.0 Å². The van der Waals surface area contributed by atoms with E-state index in [1.165, 1.54) is 0 Å². The molecule has 1 aromatic carbocycles. The zero-order valence-electron chi connectivity index (χ0n) is 13.9. The van der Waals surface area contributed by atoms with Crippen molar-refractivity contribution in [2.24, 2.45) is 0 Å². The molecule has 25 heavy (non-hydrogen) atoms. The Hall–Kier alpha value is -1.90. The van der Waals surface area contributed by atoms with Crippen molar-refractivity contribution in [1.29, 1.82) is 0 Å². The van der Waals surface area contributed by atoms with E-state index in [-0.39, 0.29) is 12.6 Å². The van der Waals surface area contributed by atoms with E-state index >= 15 is 0 Å². The van der Waals surface area contributed by atoms with Crippen LogP contribution in [0.3, 0.4) is 0 Å². The topological polar surface area (TPSA) is 68.6 Å². The minimum atomic E-state index is -0.171. The standard InChI is InChI=1S/C17H21BrN4O3/c18-14-1-3-15(4-2-14)25-13-22-7-5-16(20-22)17(23)19-6-8-21-9-11-24-12-10-21/h1-5,7H,6,8-13H2,(H,19,23). The lowest BCUT2D eigenvalue weighted by molar-refractivity contribution is 0.0383. The maximum Gasteiger partial charge on any atom is 0.271 e. The van der Waals surface area contributed by atoms with Gasteiger partial charge in [-0.25, -0.2) is 4.68 Å². The SMILES string of the molecule is O=C(NCCN1CCOCC1)c1ccn(COc2ccc(Br)cc2)n1. The Morgan fingerprint density at radius 1 is 1.24 bits per heavy atom. The molecule has 7 nitrogen and oxygen atoms in total. The van der Waals surface area contributed by atoms with Crippen LogP contribution in [0.5, 0.6) is 5.75 Å². The summed E-state index contributed by atoms with van der Waals surface area (Å²) in [5.74, 6) is 0.575. The van der Waals surface area contributed by atoms with Crippen LogP contribution in [0.1, 0.15) is 10.5 Å². The van der Waals surface area contributed by atoms with E-state index in [1.54, 1.807) is 16.9 Å². The van der Waals surface area contributed by atoms with Crippen LogP contribution in [0.15, 0.2) is 41.0 Å². The Bertz CT molecular complexity index is 683. The number of nitrogens with zero attached hydrogens (tertiary/aromatic N) is 3. The maximum atomic E-state index is 12.1. The Balaban J connectivity index is 1.42. The molecule has 1 aliphatic rings. The number of rotatable bonds is 7. The van der Waals surface area contributed by atoms with Crippen LogP contribution in [0.2, 0.25) is 0 Å². The Morgan fingerprint density at radius 3 is 2.76 bits per heavy atom. The molecular formula is C17H21BrN4O3. The number of aromatic nitrogens is 2. The van der Waals surface area contributed by atoms with Crippen molar-refractivity contribution in [2.75, 3.05) is 39.4 Å². The van der Waals surface area contributed by atoms with Crippen LogP contribution in [0.25, 0.3) is 0 Å². The lowest BCUT2D eigenvalue weighted by Crippen LogP contribution is -2.41. The molecule has 1 aliphatic heterocycles. The number of benzene rings is 1. The van der Waals surface area contributed by atoms with E-state index in [0.717, 1.165) is 43.1 Å². The highest BCUT2D eigenvalue weighted by molar-refractivity contribution is 9.10. The second-order valence-corrected chi connectivity index (χ2v) is 6.59. The number of hydrogen-bond donors (Lipinski definition) is 1. The molecular weight excluding hydrogens is 388 g/mol. The molecule has 0 bridgehead atoms. The van der Waals surface area contributed by atoms with Gasteiger partial charge in [-0.3, -0.25) is 9.69 Å². The molecule has 134 valence electrons. The molecule has 1 saturated heterocycles. The van der Waals surface area contributed by atoms with Crippen LogP contribution < -0.4 is 10.1 Å². The average Bonchev–Trinajstić information content (AvgIpc) is 3.11. The molecule has 0 radical (unpaired) electrons. The minimum absolute atomic E-state index is 0.171. The summed E-state index contributed by atoms with van der Waals surface area (Å²) in [4.78, 5) is 14.4. The minimum Gasteiger partial charge on any atom is -0.471 e. The summed E-state index contributed by atoms with van der Waals surface area (Å²) >= 11 is 3.38. The van der Waals surface area contributed by atoms with Gasteiger partial charge < -0.3 is 14.8 Å². The number of nitrogens with one attached hydrogen (secondary N) is 1. The number of hydrogen-bond acceptors (Lipinski definition) is 5. The molecule has 0 spiro atoms. The van der Waals surface area contributed by atoms with Crippen LogP contribution in [0.4, 0.5) is 0 Å². The second-order valence-electron chi connectivity index (χ2n) is 5.68. The van der Waals surface area contributed by atoms with E-state index in [2.05, 4.69) is 31.2 Å². The lowest BCUT2D eigenvalue weighted by Gasteiger charge is -2.26. The molecule has 1 N–H and O–H groups in total. The van der Waals surface area contributed by atoms with Gasteiger partial charge in [-0.1, -0.05) is 15.9 Å². The van der Waals surface area contributed by atoms with Gasteiger partial charge in [0, 0.05) is 36.8 Å². The molecule has 0 saturated carbocycles. The van der Waals surface area contributed by atoms with Crippen LogP contribution in [-0.2, 0) is 11.5 Å². The van der Waals surface area contributed by atoms with Gasteiger partial charge in [-0.05, 0) is 30.3 Å². The quantitative estimate of drug-likeness (QED) is 0.755. The number of ether oxygens (including phenoxy) is 2. The summed E-state index contributed by atoms with van der Waals surface area (Å²) in [5.41, 5.74) is 0.390. The van der Waals surface area contributed by atoms with Crippen molar-refractivity contribution in [3.05, 3.63) is 46.7 Å². The van der Waals surface area contributed by atoms with Gasteiger partial charge >= 0.3 is 0 Å². The average molecular weight is 409 g/mol. The summed E-state index contributed by atoms with van der Waals surface area (Å²) in [7, 11) is 0. The van der Waals surface area contributed by atoms with Gasteiger partial charge in [-0.2, -0.15) is 5.10 Å². The van der Waals surface area contributed by atoms with E-state index in [0.29, 0.717) is 12.2 Å². The van der Waals surface area contributed by atoms with Crippen molar-refractivity contribution in [1.82, 2.24) is 20.0 Å². The van der Waals surface area contributed by atoms with E-state index in [4.69, 9.17) is 9.47 Å². The lowest BCUT2D eigenvalue weighted by atomic mass is 10.3. The van der Waals surface area contributed by atoms with E-state index in [9.17, 15) is 4.79 Å². The molecule has 0 atom stereocenters. The normalized spacial score (nSPS) is 15.1. The zero-order chi connectivity index (χ0) is 17.5. The molecule has 2 aromatic rings. The van der Waals surface area contributed by atoms with Gasteiger partial charge in [0.05, 0.1) is 13.2 Å². The van der Waals surface area contributed by atoms with Gasteiger partial charge in [-0.15, -0.1) is 0 Å². The maximum absolute atomic E-state index is 12.1. The molecule has 8 heteroatoms. The monoisotopic (exact) mass is 408 g/mol. The zero-order valence-corrected chi connectivity index (χ0v) is 15.4. The van der Waals surface area contributed by atoms with E-state index < -0.39 is 0 Å². The number of carbonyl (C=O) groups is 1. The first kappa shape index (κ1) is 17.9. The summed E-state index contributed by atoms with van der Waals surface area (Å²) in [5, 5.41) is 7.14. The first-order valence-electron chi connectivity index (χ1n) is 8.21. The van der Waals surface area contributed by atoms with Crippen LogP contribution in [0, 0.1) is 0 Å². The second kappa shape index (κ2) is 8.98. The first-order chi connectivity index (χ1) is 12.2. The number of morpholine rings is 1. The summed E-state index contributed by atoms with van der Waals surface area (Å²) < 4.78 is 13.5. The fraction of sp³-hybridized carbons (Fsp3) is 0.412. The predicted molar refractivity (Wildman–Crippen MR) is 96.6 cm³/mol. The largest absolute Gasteiger partial charge is 0.471 e. The van der Waals surface area contributed by atoms with Gasteiger partial charge in [0.1, 0.15) is 11.4 Å². The van der Waals surface area contributed by atoms with E-state index in [1.807, 2.05) is 24.3 Å². The van der Waals surface area contributed by atoms with Gasteiger partial charge in [0.25, 0.3) is 5.91 Å². The molecule has 0 unspecified atom stereocenters. The highest BCUT2D eigenvalue weighted by atomic mass is 79.9. The molecule has 0 aliphatic carbocycles. The van der Waals surface area contributed by atoms with Gasteiger partial charge in [0.2, 0.25) is 0 Å². The van der Waals surface area contributed by atoms with Crippen molar-refractivity contribution >= 4 is 21.8 Å². The molecule has 2 heterocycles. The van der Waals surface area contributed by atoms with Crippen LogP contribution >= 0.6 is 15.9 Å². The molecule has 1 amide bonds. The van der Waals surface area contributed by atoms with Gasteiger partial charge in [0.15, 0.2) is 6.73 Å². The predicted octanol–water partition coefficient (Wildman–Crippen LogP) is 1.74.